The van der Waals surface area contributed by atoms with Gasteiger partial charge in [0, 0.05) is 24.7 Å². The second-order valence-electron chi connectivity index (χ2n) is 9.02. The highest BCUT2D eigenvalue weighted by Gasteiger charge is 2.51. The molecule has 32 heavy (non-hydrogen) atoms. The first-order valence-electron chi connectivity index (χ1n) is 10.6. The molecule has 9 heteroatoms. The fourth-order valence-electron chi connectivity index (χ4n) is 3.20. The first-order valence-corrected chi connectivity index (χ1v) is 10.6. The van der Waals surface area contributed by atoms with E-state index in [2.05, 4.69) is 33.6 Å². The van der Waals surface area contributed by atoms with Crippen LogP contribution >= 0.6 is 0 Å². The van der Waals surface area contributed by atoms with Crippen molar-refractivity contribution >= 4 is 30.9 Å². The summed E-state index contributed by atoms with van der Waals surface area (Å²) in [6, 6.07) is 4.00. The highest BCUT2D eigenvalue weighted by molar-refractivity contribution is 6.62. The van der Waals surface area contributed by atoms with Crippen molar-refractivity contribution in [3.8, 4) is 0 Å². The van der Waals surface area contributed by atoms with E-state index in [9.17, 15) is 4.39 Å². The van der Waals surface area contributed by atoms with Gasteiger partial charge in [-0.2, -0.15) is 5.10 Å². The Morgan fingerprint density at radius 1 is 1.22 bits per heavy atom. The van der Waals surface area contributed by atoms with Gasteiger partial charge < -0.3 is 14.2 Å². The first-order chi connectivity index (χ1) is 14.9. The van der Waals surface area contributed by atoms with Crippen LogP contribution in [0.4, 0.5) is 10.2 Å². The molecule has 0 spiro atoms. The van der Waals surface area contributed by atoms with E-state index in [0.717, 1.165) is 23.1 Å². The van der Waals surface area contributed by atoms with Crippen molar-refractivity contribution in [1.82, 2.24) is 14.8 Å². The summed E-state index contributed by atoms with van der Waals surface area (Å²) in [4.78, 5) is 10.6. The summed E-state index contributed by atoms with van der Waals surface area (Å²) >= 11 is 0. The first kappa shape index (κ1) is 23.9. The van der Waals surface area contributed by atoms with Crippen LogP contribution in [0, 0.1) is 5.82 Å². The zero-order chi connectivity index (χ0) is 23.7. The molecule has 1 aliphatic heterocycles. The Kier molecular flexibility index (Phi) is 6.71. The average Bonchev–Trinajstić information content (AvgIpc) is 3.26. The Balaban J connectivity index is 1.71. The minimum atomic E-state index is -0.437. The van der Waals surface area contributed by atoms with Gasteiger partial charge >= 0.3 is 7.12 Å². The molecule has 3 rings (SSSR count). The third-order valence-corrected chi connectivity index (χ3v) is 6.34. The predicted octanol–water partition coefficient (Wildman–Crippen LogP) is 3.69. The molecule has 170 valence electrons. The van der Waals surface area contributed by atoms with E-state index in [0.29, 0.717) is 5.82 Å². The van der Waals surface area contributed by atoms with Crippen LogP contribution < -0.4 is 10.4 Å². The Hall–Kier alpha value is -2.78. The maximum Gasteiger partial charge on any atom is 0.496 e. The van der Waals surface area contributed by atoms with Gasteiger partial charge in [0.25, 0.3) is 0 Å². The smallest absolute Gasteiger partial charge is 0.399 e. The highest BCUT2D eigenvalue weighted by Crippen LogP contribution is 2.36. The van der Waals surface area contributed by atoms with Gasteiger partial charge in [0.15, 0.2) is 11.6 Å². The number of allylic oxidation sites excluding steroid dienone is 2. The van der Waals surface area contributed by atoms with Crippen molar-refractivity contribution in [1.29, 1.82) is 0 Å². The minimum Gasteiger partial charge on any atom is -0.399 e. The molecule has 3 heterocycles. The highest BCUT2D eigenvalue weighted by atomic mass is 19.1. The summed E-state index contributed by atoms with van der Waals surface area (Å²) in [5, 5.41) is 3.92. The number of nitrogens with zero attached hydrogens (tertiary/aromatic N) is 5. The molecular formula is C23H31BFN5O2. The Bertz CT molecular complexity index is 1010. The number of pyridine rings is 1. The fraction of sp³-hybridized carbons (Fsp3) is 0.435. The van der Waals surface area contributed by atoms with Crippen LogP contribution in [0.3, 0.4) is 0 Å². The maximum atomic E-state index is 13.2. The van der Waals surface area contributed by atoms with E-state index in [1.165, 1.54) is 10.9 Å². The number of anilines is 1. The minimum absolute atomic E-state index is 0.0573. The molecule has 1 fully saturated rings. The normalized spacial score (nSPS) is 19.2. The SMILES string of the molecule is C=N/C(=C\C=C(/C)[C@H](C)N(C)c1ccc(B2OC(C)(C)C(C)(C)O2)cn1)n1cc(F)cn1. The largest absolute Gasteiger partial charge is 0.496 e. The quantitative estimate of drug-likeness (QED) is 0.374. The monoisotopic (exact) mass is 439 g/mol. The molecule has 0 radical (unpaired) electrons. The standard InChI is InChI=1S/C23H31BFN5O2/c1-16(9-11-20(26-7)30-15-19(25)14-28-30)17(2)29(8)21-12-10-18(13-27-21)24-31-22(3,4)23(5,6)32-24/h9-15,17H,7H2,1-6,8H3/b16-9+,20-11+/t17-/m0/s1. The van der Waals surface area contributed by atoms with E-state index < -0.39 is 24.1 Å². The maximum absolute atomic E-state index is 13.2. The fourth-order valence-corrected chi connectivity index (χ4v) is 3.20. The molecule has 2 aromatic heterocycles. The van der Waals surface area contributed by atoms with Crippen LogP contribution in [0.25, 0.3) is 5.82 Å². The van der Waals surface area contributed by atoms with Gasteiger partial charge in [0.1, 0.15) is 5.82 Å². The van der Waals surface area contributed by atoms with Crippen molar-refractivity contribution in [3.05, 3.63) is 54.3 Å². The third kappa shape index (κ3) is 4.84. The topological polar surface area (TPSA) is 64.8 Å². The molecule has 0 N–H and O–H groups in total. The molecule has 1 saturated heterocycles. The van der Waals surface area contributed by atoms with Gasteiger partial charge in [0.05, 0.1) is 23.6 Å². The number of halogens is 1. The lowest BCUT2D eigenvalue weighted by Gasteiger charge is -2.32. The molecule has 0 bridgehead atoms. The van der Waals surface area contributed by atoms with E-state index in [1.807, 2.05) is 59.9 Å². The summed E-state index contributed by atoms with van der Waals surface area (Å²) in [6.45, 7) is 15.8. The second-order valence-corrected chi connectivity index (χ2v) is 9.02. The van der Waals surface area contributed by atoms with Gasteiger partial charge in [-0.15, -0.1) is 0 Å². The third-order valence-electron chi connectivity index (χ3n) is 6.34. The summed E-state index contributed by atoms with van der Waals surface area (Å²) in [5.41, 5.74) is 1.17. The average molecular weight is 439 g/mol. The lowest BCUT2D eigenvalue weighted by Crippen LogP contribution is -2.41. The van der Waals surface area contributed by atoms with Crippen molar-refractivity contribution < 1.29 is 13.7 Å². The molecule has 0 amide bonds. The number of hydrogen-bond acceptors (Lipinski definition) is 6. The molecule has 0 aromatic carbocycles. The second kappa shape index (κ2) is 9.00. The molecule has 1 aliphatic rings. The van der Waals surface area contributed by atoms with E-state index in [4.69, 9.17) is 9.31 Å². The Morgan fingerprint density at radius 3 is 2.38 bits per heavy atom. The van der Waals surface area contributed by atoms with Crippen molar-refractivity contribution in [3.63, 3.8) is 0 Å². The van der Waals surface area contributed by atoms with Crippen LogP contribution in [0.1, 0.15) is 41.5 Å². The van der Waals surface area contributed by atoms with Gasteiger partial charge in [-0.25, -0.2) is 19.0 Å². The number of likely N-dealkylation sites (N-methyl/N-ethyl adjacent to an activating group) is 1. The number of aromatic nitrogens is 3. The molecule has 0 aliphatic carbocycles. The summed E-state index contributed by atoms with van der Waals surface area (Å²) in [7, 11) is 1.55. The zero-order valence-corrected chi connectivity index (χ0v) is 19.8. The van der Waals surface area contributed by atoms with Crippen LogP contribution in [-0.2, 0) is 9.31 Å². The van der Waals surface area contributed by atoms with E-state index >= 15 is 0 Å². The van der Waals surface area contributed by atoms with Crippen molar-refractivity contribution in [2.45, 2.75) is 58.8 Å². The molecule has 7 nitrogen and oxygen atoms in total. The Morgan fingerprint density at radius 2 is 1.88 bits per heavy atom. The van der Waals surface area contributed by atoms with Gasteiger partial charge in [-0.1, -0.05) is 17.7 Å². The summed E-state index contributed by atoms with van der Waals surface area (Å²) in [6.07, 6.45) is 7.86. The summed E-state index contributed by atoms with van der Waals surface area (Å²) < 4.78 is 26.8. The zero-order valence-electron chi connectivity index (χ0n) is 19.8. The molecular weight excluding hydrogens is 408 g/mol. The van der Waals surface area contributed by atoms with E-state index in [-0.39, 0.29) is 6.04 Å². The van der Waals surface area contributed by atoms with Crippen LogP contribution in [0.15, 0.2) is 53.4 Å². The number of aliphatic imine (C=N–C) groups is 1. The van der Waals surface area contributed by atoms with Crippen molar-refractivity contribution in [2.75, 3.05) is 11.9 Å². The van der Waals surface area contributed by atoms with E-state index in [1.54, 1.807) is 12.3 Å². The molecule has 1 atom stereocenters. The van der Waals surface area contributed by atoms with Crippen LogP contribution in [-0.4, -0.2) is 52.9 Å². The summed E-state index contributed by atoms with van der Waals surface area (Å²) in [5.74, 6) is 0.835. The number of rotatable bonds is 7. The molecule has 2 aromatic rings. The van der Waals surface area contributed by atoms with Gasteiger partial charge in [0.2, 0.25) is 0 Å². The number of hydrogen-bond donors (Lipinski definition) is 0. The Labute approximate surface area is 189 Å². The van der Waals surface area contributed by atoms with Crippen molar-refractivity contribution in [2.24, 2.45) is 4.99 Å². The predicted molar refractivity (Wildman–Crippen MR) is 128 cm³/mol. The lowest BCUT2D eigenvalue weighted by atomic mass is 9.80. The lowest BCUT2D eigenvalue weighted by molar-refractivity contribution is 0.00578. The molecule has 0 saturated carbocycles. The van der Waals surface area contributed by atoms with Crippen LogP contribution in [0.2, 0.25) is 0 Å². The molecule has 0 unspecified atom stereocenters. The van der Waals surface area contributed by atoms with Gasteiger partial charge in [-0.3, -0.25) is 0 Å². The van der Waals surface area contributed by atoms with Gasteiger partial charge in [-0.05, 0) is 60.4 Å². The van der Waals surface area contributed by atoms with Crippen LogP contribution in [0.5, 0.6) is 0 Å².